The van der Waals surface area contributed by atoms with Gasteiger partial charge in [-0.05, 0) is 49.2 Å². The van der Waals surface area contributed by atoms with Crippen LogP contribution >= 0.6 is 0 Å². The highest BCUT2D eigenvalue weighted by molar-refractivity contribution is 6.39. The van der Waals surface area contributed by atoms with Gasteiger partial charge in [0, 0.05) is 13.2 Å². The normalized spacial score (nSPS) is 10.2. The van der Waals surface area contributed by atoms with Crippen LogP contribution < -0.4 is 13.3 Å². The fourth-order valence-corrected chi connectivity index (χ4v) is 4.62. The molecule has 0 radical (unpaired) electrons. The lowest BCUT2D eigenvalue weighted by Gasteiger charge is -2.19. The molecule has 0 N–H and O–H groups in total. The van der Waals surface area contributed by atoms with Crippen molar-refractivity contribution in [1.82, 2.24) is 0 Å². The Labute approximate surface area is 207 Å². The van der Waals surface area contributed by atoms with Crippen LogP contribution in [-0.4, -0.2) is 38.6 Å². The van der Waals surface area contributed by atoms with Crippen molar-refractivity contribution in [2.24, 2.45) is 0 Å². The van der Waals surface area contributed by atoms with Crippen LogP contribution in [0.5, 0.6) is 17.2 Å². The van der Waals surface area contributed by atoms with Crippen molar-refractivity contribution in [2.75, 3.05) is 13.2 Å². The topological polar surface area (TPSA) is 46.2 Å². The van der Waals surface area contributed by atoms with Crippen molar-refractivity contribution in [1.29, 1.82) is 0 Å². The molecule has 0 heterocycles. The first kappa shape index (κ1) is 27.0. The van der Waals surface area contributed by atoms with Crippen molar-refractivity contribution in [2.45, 2.75) is 39.5 Å². The Hall–Kier alpha value is -2.27. The van der Waals surface area contributed by atoms with Gasteiger partial charge in [0.05, 0.1) is 0 Å². The molecule has 0 aliphatic heterocycles. The van der Waals surface area contributed by atoms with Crippen molar-refractivity contribution in [3.05, 3.63) is 91.0 Å². The monoisotopic (exact) mass is 482 g/mol. The Bertz CT molecular complexity index is 717. The fourth-order valence-electron chi connectivity index (χ4n) is 2.57. The highest BCUT2D eigenvalue weighted by atomic mass is 28.3. The first-order chi connectivity index (χ1) is 16.3. The van der Waals surface area contributed by atoms with Gasteiger partial charge in [-0.15, -0.1) is 0 Å². The minimum absolute atomic E-state index is 0.629. The molecule has 0 fully saturated rings. The van der Waals surface area contributed by atoms with Crippen LogP contribution in [0.15, 0.2) is 91.0 Å². The lowest BCUT2D eigenvalue weighted by Crippen LogP contribution is -2.36. The minimum atomic E-state index is -2.41. The van der Waals surface area contributed by atoms with Crippen LogP contribution in [0.3, 0.4) is 0 Å². The smallest absolute Gasteiger partial charge is 0.486 e. The summed E-state index contributed by atoms with van der Waals surface area (Å²) in [7, 11) is -2.41. The van der Waals surface area contributed by atoms with E-state index in [4.69, 9.17) is 20.9 Å². The Morgan fingerprint density at radius 2 is 0.879 bits per heavy atom. The Balaban J connectivity index is 0.000000299. The van der Waals surface area contributed by atoms with Gasteiger partial charge in [-0.1, -0.05) is 81.3 Å². The van der Waals surface area contributed by atoms with Crippen molar-refractivity contribution in [3.63, 3.8) is 0 Å². The van der Waals surface area contributed by atoms with E-state index in [0.717, 1.165) is 30.5 Å². The van der Waals surface area contributed by atoms with Gasteiger partial charge in [0.2, 0.25) is 0 Å². The van der Waals surface area contributed by atoms with E-state index in [2.05, 4.69) is 13.8 Å². The molecule has 0 aliphatic carbocycles. The number of benzene rings is 3. The third-order valence-electron chi connectivity index (χ3n) is 4.38. The summed E-state index contributed by atoms with van der Waals surface area (Å²) >= 11 is -0.629. The predicted molar refractivity (Wildman–Crippen MR) is 137 cm³/mol. The highest BCUT2D eigenvalue weighted by Gasteiger charge is 2.22. The van der Waals surface area contributed by atoms with Crippen LogP contribution in [0.1, 0.15) is 39.5 Å². The van der Waals surface area contributed by atoms with E-state index in [0.29, 0.717) is 0 Å². The number of unbranched alkanes of at least 4 members (excludes halogenated alkanes) is 2. The summed E-state index contributed by atoms with van der Waals surface area (Å²) in [5.74, 6) is 2.23. The maximum absolute atomic E-state index is 5.92. The van der Waals surface area contributed by atoms with E-state index in [9.17, 15) is 0 Å². The van der Waals surface area contributed by atoms with E-state index >= 15 is 0 Å². The van der Waals surface area contributed by atoms with Gasteiger partial charge in [-0.3, -0.25) is 0 Å². The SMILES string of the molecule is CCCC[O][AlH][O]CCCC.c1ccc(O[SiH](Oc2ccccc2)Oc2ccccc2)cc1. The molecule has 0 aliphatic rings. The summed E-state index contributed by atoms with van der Waals surface area (Å²) < 4.78 is 28.4. The van der Waals surface area contributed by atoms with Crippen molar-refractivity contribution < 1.29 is 20.9 Å². The first-order valence-electron chi connectivity index (χ1n) is 11.6. The van der Waals surface area contributed by atoms with Gasteiger partial charge >= 0.3 is 25.4 Å². The molecule has 176 valence electrons. The molecule has 3 aromatic carbocycles. The molecule has 0 saturated heterocycles. The summed E-state index contributed by atoms with van der Waals surface area (Å²) in [6.45, 7) is 6.13. The molecular weight excluding hydrogens is 447 g/mol. The number of para-hydroxylation sites is 3. The molecule has 0 unspecified atom stereocenters. The molecule has 0 bridgehead atoms. The standard InChI is InChI=1S/C18H16O3Si.2C4H9O.Al.H/c1-4-10-16(11-5-1)19-22(20-17-12-6-2-7-13-17)21-18-14-8-3-9-15-18;2*1-2-3-4-5;;/h1-15,22H;2*2-4H2,1H3;;/q;2*-1;+2;. The van der Waals surface area contributed by atoms with E-state index in [1.54, 1.807) is 0 Å². The average Bonchev–Trinajstić information content (AvgIpc) is 2.86. The first-order valence-corrected chi connectivity index (χ1v) is 14.2. The predicted octanol–water partition coefficient (Wildman–Crippen LogP) is 5.83. The van der Waals surface area contributed by atoms with Crippen LogP contribution in [0.4, 0.5) is 0 Å². The zero-order valence-electron chi connectivity index (χ0n) is 19.7. The maximum Gasteiger partial charge on any atom is 0.683 e. The molecule has 0 saturated carbocycles. The summed E-state index contributed by atoms with van der Waals surface area (Å²) in [5.41, 5.74) is 0. The fraction of sp³-hybridized carbons (Fsp3) is 0.308. The average molecular weight is 483 g/mol. The van der Waals surface area contributed by atoms with Crippen LogP contribution in [-0.2, 0) is 7.58 Å². The number of rotatable bonds is 14. The third-order valence-corrected chi connectivity index (χ3v) is 6.68. The number of hydrogen-bond acceptors (Lipinski definition) is 5. The second-order valence-corrected chi connectivity index (χ2v) is 9.56. The van der Waals surface area contributed by atoms with Crippen LogP contribution in [0.25, 0.3) is 0 Å². The Morgan fingerprint density at radius 1 is 0.545 bits per heavy atom. The highest BCUT2D eigenvalue weighted by Crippen LogP contribution is 2.17. The molecular formula is C26H35AlO5Si. The molecule has 0 amide bonds. The quantitative estimate of drug-likeness (QED) is 0.214. The zero-order chi connectivity index (χ0) is 23.4. The van der Waals surface area contributed by atoms with E-state index in [-0.39, 0.29) is 0 Å². The minimum Gasteiger partial charge on any atom is -0.486 e. The van der Waals surface area contributed by atoms with Crippen molar-refractivity contribution >= 4 is 25.4 Å². The molecule has 33 heavy (non-hydrogen) atoms. The molecule has 0 atom stereocenters. The van der Waals surface area contributed by atoms with E-state index in [1.165, 1.54) is 25.7 Å². The second-order valence-electron chi connectivity index (χ2n) is 7.22. The maximum atomic E-state index is 5.92. The van der Waals surface area contributed by atoms with E-state index < -0.39 is 25.4 Å². The Morgan fingerprint density at radius 3 is 1.18 bits per heavy atom. The second kappa shape index (κ2) is 18.2. The van der Waals surface area contributed by atoms with Crippen LogP contribution in [0, 0.1) is 0 Å². The summed E-state index contributed by atoms with van der Waals surface area (Å²) in [5, 5.41) is 0. The van der Waals surface area contributed by atoms with Gasteiger partial charge in [-0.25, -0.2) is 0 Å². The summed E-state index contributed by atoms with van der Waals surface area (Å²) in [6, 6.07) is 28.7. The third kappa shape index (κ3) is 13.1. The van der Waals surface area contributed by atoms with E-state index in [1.807, 2.05) is 91.0 Å². The molecule has 5 nitrogen and oxygen atoms in total. The lowest BCUT2D eigenvalue weighted by atomic mass is 10.3. The van der Waals surface area contributed by atoms with Crippen LogP contribution in [0.2, 0.25) is 0 Å². The molecule has 0 aromatic heterocycles. The summed E-state index contributed by atoms with van der Waals surface area (Å²) in [6.07, 6.45) is 4.76. The summed E-state index contributed by atoms with van der Waals surface area (Å²) in [4.78, 5) is 0. The van der Waals surface area contributed by atoms with Gasteiger partial charge in [-0.2, -0.15) is 0 Å². The molecule has 3 rings (SSSR count). The Kier molecular flexibility index (Phi) is 14.9. The molecule has 0 spiro atoms. The number of hydrogen-bond donors (Lipinski definition) is 0. The van der Waals surface area contributed by atoms with Gasteiger partial charge in [0.1, 0.15) is 17.2 Å². The largest absolute Gasteiger partial charge is 0.683 e. The molecule has 7 heteroatoms. The lowest BCUT2D eigenvalue weighted by molar-refractivity contribution is 0.216. The van der Waals surface area contributed by atoms with Gasteiger partial charge in [0.25, 0.3) is 0 Å². The van der Waals surface area contributed by atoms with Crippen molar-refractivity contribution in [3.8, 4) is 17.2 Å². The zero-order valence-corrected chi connectivity index (χ0v) is 22.3. The molecule has 3 aromatic rings. The van der Waals surface area contributed by atoms with Gasteiger partial charge < -0.3 is 20.9 Å². The van der Waals surface area contributed by atoms with Gasteiger partial charge in [0.15, 0.2) is 0 Å².